The van der Waals surface area contributed by atoms with Gasteiger partial charge >= 0.3 is 0 Å². The predicted octanol–water partition coefficient (Wildman–Crippen LogP) is 2.90. The lowest BCUT2D eigenvalue weighted by Gasteiger charge is -2.08. The number of anilines is 1. The van der Waals surface area contributed by atoms with Crippen molar-refractivity contribution in [3.8, 4) is 0 Å². The van der Waals surface area contributed by atoms with E-state index >= 15 is 0 Å². The smallest absolute Gasteiger partial charge is 0.126 e. The van der Waals surface area contributed by atoms with Gasteiger partial charge in [-0.2, -0.15) is 5.10 Å². The number of halogens is 2. The maximum atomic E-state index is 13.2. The molecule has 0 fully saturated rings. The molecule has 20 heavy (non-hydrogen) atoms. The lowest BCUT2D eigenvalue weighted by Crippen LogP contribution is -2.07. The van der Waals surface area contributed by atoms with E-state index in [-0.39, 0.29) is 12.4 Å². The lowest BCUT2D eigenvalue weighted by molar-refractivity contribution is 0.268. The van der Waals surface area contributed by atoms with Gasteiger partial charge in [0.1, 0.15) is 5.82 Å². The van der Waals surface area contributed by atoms with Crippen molar-refractivity contribution < 1.29 is 9.50 Å². The molecule has 0 atom stereocenters. The van der Waals surface area contributed by atoms with Crippen LogP contribution < -0.4 is 5.32 Å². The standard InChI is InChI=1S/C14H17ClFN3O/c1-9-14(10(2)19(18-9)3-4-20)8-17-13-6-11(15)5-12(16)7-13/h5-7,17,20H,3-4,8H2,1-2H3. The fourth-order valence-electron chi connectivity index (χ4n) is 2.15. The Morgan fingerprint density at radius 3 is 2.75 bits per heavy atom. The zero-order valence-corrected chi connectivity index (χ0v) is 12.2. The largest absolute Gasteiger partial charge is 0.394 e. The van der Waals surface area contributed by atoms with E-state index in [2.05, 4.69) is 10.4 Å². The number of aliphatic hydroxyl groups excluding tert-OH is 1. The average molecular weight is 298 g/mol. The van der Waals surface area contributed by atoms with Crippen LogP contribution in [0.25, 0.3) is 0 Å². The van der Waals surface area contributed by atoms with Crippen molar-refractivity contribution in [1.82, 2.24) is 9.78 Å². The van der Waals surface area contributed by atoms with E-state index in [1.165, 1.54) is 12.1 Å². The first-order valence-electron chi connectivity index (χ1n) is 6.35. The van der Waals surface area contributed by atoms with E-state index in [1.54, 1.807) is 10.7 Å². The van der Waals surface area contributed by atoms with Gasteiger partial charge in [0, 0.05) is 28.5 Å². The number of nitrogens with zero attached hydrogens (tertiary/aromatic N) is 2. The molecule has 1 aromatic carbocycles. The Morgan fingerprint density at radius 2 is 2.10 bits per heavy atom. The Bertz CT molecular complexity index is 592. The summed E-state index contributed by atoms with van der Waals surface area (Å²) < 4.78 is 15.0. The fourth-order valence-corrected chi connectivity index (χ4v) is 2.37. The van der Waals surface area contributed by atoms with Crippen LogP contribution in [0.1, 0.15) is 17.0 Å². The van der Waals surface area contributed by atoms with Gasteiger partial charge in [-0.25, -0.2) is 4.39 Å². The van der Waals surface area contributed by atoms with Crippen LogP contribution in [0.3, 0.4) is 0 Å². The number of aromatic nitrogens is 2. The van der Waals surface area contributed by atoms with Crippen molar-refractivity contribution in [1.29, 1.82) is 0 Å². The molecular formula is C14H17ClFN3O. The minimum Gasteiger partial charge on any atom is -0.394 e. The normalized spacial score (nSPS) is 10.8. The summed E-state index contributed by atoms with van der Waals surface area (Å²) in [6.07, 6.45) is 0. The van der Waals surface area contributed by atoms with Gasteiger partial charge in [-0.15, -0.1) is 0 Å². The van der Waals surface area contributed by atoms with Gasteiger partial charge in [0.25, 0.3) is 0 Å². The van der Waals surface area contributed by atoms with Crippen LogP contribution in [0.4, 0.5) is 10.1 Å². The van der Waals surface area contributed by atoms with Crippen molar-refractivity contribution in [3.63, 3.8) is 0 Å². The van der Waals surface area contributed by atoms with Gasteiger partial charge in [0.2, 0.25) is 0 Å². The summed E-state index contributed by atoms with van der Waals surface area (Å²) in [5, 5.41) is 16.8. The lowest BCUT2D eigenvalue weighted by atomic mass is 10.2. The molecule has 2 aromatic rings. The number of hydrogen-bond donors (Lipinski definition) is 2. The molecular weight excluding hydrogens is 281 g/mol. The van der Waals surface area contributed by atoms with Gasteiger partial charge in [-0.1, -0.05) is 11.6 Å². The van der Waals surface area contributed by atoms with Gasteiger partial charge < -0.3 is 10.4 Å². The van der Waals surface area contributed by atoms with Crippen LogP contribution in [0.5, 0.6) is 0 Å². The number of aliphatic hydroxyl groups is 1. The van der Waals surface area contributed by atoms with Crippen molar-refractivity contribution in [3.05, 3.63) is 46.0 Å². The Morgan fingerprint density at radius 1 is 1.35 bits per heavy atom. The Labute approximate surface area is 122 Å². The fraction of sp³-hybridized carbons (Fsp3) is 0.357. The minimum absolute atomic E-state index is 0.0499. The summed E-state index contributed by atoms with van der Waals surface area (Å²) in [5.41, 5.74) is 3.56. The van der Waals surface area contributed by atoms with E-state index in [0.717, 1.165) is 17.0 Å². The molecule has 0 spiro atoms. The number of nitrogens with one attached hydrogen (secondary N) is 1. The van der Waals surface area contributed by atoms with Gasteiger partial charge in [0.15, 0.2) is 0 Å². The first kappa shape index (κ1) is 14.8. The maximum absolute atomic E-state index is 13.2. The molecule has 2 rings (SSSR count). The number of hydrogen-bond acceptors (Lipinski definition) is 3. The molecule has 1 heterocycles. The van der Waals surface area contributed by atoms with Gasteiger partial charge in [0.05, 0.1) is 18.8 Å². The Kier molecular flexibility index (Phi) is 4.62. The summed E-state index contributed by atoms with van der Waals surface area (Å²) in [7, 11) is 0. The van der Waals surface area contributed by atoms with Crippen molar-refractivity contribution in [2.75, 3.05) is 11.9 Å². The average Bonchev–Trinajstić information content (AvgIpc) is 2.62. The Balaban J connectivity index is 2.14. The molecule has 1 aromatic heterocycles. The number of rotatable bonds is 5. The monoisotopic (exact) mass is 297 g/mol. The van der Waals surface area contributed by atoms with E-state index < -0.39 is 0 Å². The van der Waals surface area contributed by atoms with Crippen LogP contribution in [-0.2, 0) is 13.1 Å². The van der Waals surface area contributed by atoms with Crippen molar-refractivity contribution >= 4 is 17.3 Å². The second-order valence-electron chi connectivity index (χ2n) is 4.61. The summed E-state index contributed by atoms with van der Waals surface area (Å²) in [6.45, 7) is 4.91. The second-order valence-corrected chi connectivity index (χ2v) is 5.04. The van der Waals surface area contributed by atoms with Crippen LogP contribution in [-0.4, -0.2) is 21.5 Å². The molecule has 0 aliphatic carbocycles. The van der Waals surface area contributed by atoms with Crippen LogP contribution >= 0.6 is 11.6 Å². The van der Waals surface area contributed by atoms with Crippen molar-refractivity contribution in [2.45, 2.75) is 26.9 Å². The van der Waals surface area contributed by atoms with Crippen LogP contribution in [0, 0.1) is 19.7 Å². The topological polar surface area (TPSA) is 50.1 Å². The summed E-state index contributed by atoms with van der Waals surface area (Å²) >= 11 is 5.82. The zero-order chi connectivity index (χ0) is 14.7. The first-order valence-corrected chi connectivity index (χ1v) is 6.72. The highest BCUT2D eigenvalue weighted by Crippen LogP contribution is 2.20. The number of benzene rings is 1. The third kappa shape index (κ3) is 3.29. The highest BCUT2D eigenvalue weighted by Gasteiger charge is 2.11. The van der Waals surface area contributed by atoms with Gasteiger partial charge in [-0.05, 0) is 32.0 Å². The minimum atomic E-state index is -0.371. The summed E-state index contributed by atoms with van der Waals surface area (Å²) in [5.74, 6) is -0.371. The first-order chi connectivity index (χ1) is 9.51. The molecule has 6 heteroatoms. The highest BCUT2D eigenvalue weighted by molar-refractivity contribution is 6.30. The number of aryl methyl sites for hydroxylation is 1. The van der Waals surface area contributed by atoms with E-state index in [9.17, 15) is 4.39 Å². The maximum Gasteiger partial charge on any atom is 0.126 e. The molecule has 4 nitrogen and oxygen atoms in total. The van der Waals surface area contributed by atoms with E-state index in [4.69, 9.17) is 16.7 Å². The molecule has 0 radical (unpaired) electrons. The van der Waals surface area contributed by atoms with E-state index in [0.29, 0.717) is 23.8 Å². The third-order valence-corrected chi connectivity index (χ3v) is 3.39. The molecule has 0 aliphatic rings. The molecule has 0 unspecified atom stereocenters. The van der Waals surface area contributed by atoms with Gasteiger partial charge in [-0.3, -0.25) is 4.68 Å². The summed E-state index contributed by atoms with van der Waals surface area (Å²) in [4.78, 5) is 0. The second kappa shape index (κ2) is 6.24. The molecule has 0 saturated heterocycles. The van der Waals surface area contributed by atoms with Crippen LogP contribution in [0.2, 0.25) is 5.02 Å². The molecule has 2 N–H and O–H groups in total. The SMILES string of the molecule is Cc1nn(CCO)c(C)c1CNc1cc(F)cc(Cl)c1. The van der Waals surface area contributed by atoms with E-state index in [1.807, 2.05) is 13.8 Å². The van der Waals surface area contributed by atoms with Crippen LogP contribution in [0.15, 0.2) is 18.2 Å². The molecule has 0 saturated carbocycles. The highest BCUT2D eigenvalue weighted by atomic mass is 35.5. The third-order valence-electron chi connectivity index (χ3n) is 3.18. The molecule has 0 aliphatic heterocycles. The Hall–Kier alpha value is -1.59. The molecule has 0 amide bonds. The predicted molar refractivity (Wildman–Crippen MR) is 77.5 cm³/mol. The zero-order valence-electron chi connectivity index (χ0n) is 11.5. The molecule has 108 valence electrons. The quantitative estimate of drug-likeness (QED) is 0.892. The van der Waals surface area contributed by atoms with Crippen molar-refractivity contribution in [2.24, 2.45) is 0 Å². The molecule has 0 bridgehead atoms. The summed E-state index contributed by atoms with van der Waals surface area (Å²) in [6, 6.07) is 4.34.